The lowest BCUT2D eigenvalue weighted by atomic mass is 10.1. The minimum Gasteiger partial charge on any atom is -0.411 e. The number of aromatic nitrogens is 2. The fraction of sp³-hybridized carbons (Fsp3) is 0.0455. The van der Waals surface area contributed by atoms with Gasteiger partial charge in [0.05, 0.1) is 15.6 Å². The molecule has 0 fully saturated rings. The molecule has 12 heteroatoms. The number of nitro groups is 2. The van der Waals surface area contributed by atoms with E-state index in [9.17, 15) is 25.0 Å². The van der Waals surface area contributed by atoms with Crippen LogP contribution in [0.1, 0.15) is 0 Å². The van der Waals surface area contributed by atoms with E-state index < -0.39 is 9.85 Å². The number of non-ortho nitro benzene ring substituents is 2. The summed E-state index contributed by atoms with van der Waals surface area (Å²) < 4.78 is 5.49. The van der Waals surface area contributed by atoms with Crippen molar-refractivity contribution in [1.29, 1.82) is 0 Å². The zero-order valence-corrected chi connectivity index (χ0v) is 18.1. The fourth-order valence-corrected chi connectivity index (χ4v) is 3.55. The monoisotopic (exact) mass is 477 g/mol. The summed E-state index contributed by atoms with van der Waals surface area (Å²) in [5.41, 5.74) is 2.58. The van der Waals surface area contributed by atoms with E-state index in [4.69, 9.17) is 4.42 Å². The van der Waals surface area contributed by atoms with Gasteiger partial charge in [0.15, 0.2) is 0 Å². The zero-order chi connectivity index (χ0) is 24.1. The van der Waals surface area contributed by atoms with Gasteiger partial charge in [-0.15, -0.1) is 10.2 Å². The summed E-state index contributed by atoms with van der Waals surface area (Å²) in [5, 5.41) is 32.3. The SMILES string of the molecule is O=C(CSc1nnc(-c2cccc([N+](=O)[O-])c2)o1)Nc1ccc(-c2ccc([N+](=O)[O-])cc2)cc1. The largest absolute Gasteiger partial charge is 0.411 e. The molecule has 0 aliphatic carbocycles. The second-order valence-electron chi connectivity index (χ2n) is 6.90. The number of rotatable bonds is 8. The van der Waals surface area contributed by atoms with Crippen molar-refractivity contribution in [2.45, 2.75) is 5.22 Å². The zero-order valence-electron chi connectivity index (χ0n) is 17.3. The van der Waals surface area contributed by atoms with Crippen molar-refractivity contribution in [3.8, 4) is 22.6 Å². The van der Waals surface area contributed by atoms with Crippen LogP contribution in [0, 0.1) is 20.2 Å². The summed E-state index contributed by atoms with van der Waals surface area (Å²) in [4.78, 5) is 33.0. The fourth-order valence-electron chi connectivity index (χ4n) is 2.98. The van der Waals surface area contributed by atoms with E-state index in [1.165, 1.54) is 30.3 Å². The second-order valence-corrected chi connectivity index (χ2v) is 7.83. The Labute approximate surface area is 196 Å². The van der Waals surface area contributed by atoms with Gasteiger partial charge in [0, 0.05) is 35.5 Å². The summed E-state index contributed by atoms with van der Waals surface area (Å²) in [6.45, 7) is 0. The van der Waals surface area contributed by atoms with Crippen molar-refractivity contribution < 1.29 is 19.1 Å². The van der Waals surface area contributed by atoms with E-state index in [1.54, 1.807) is 42.5 Å². The topological polar surface area (TPSA) is 154 Å². The summed E-state index contributed by atoms with van der Waals surface area (Å²) in [6.07, 6.45) is 0. The quantitative estimate of drug-likeness (QED) is 0.211. The van der Waals surface area contributed by atoms with Gasteiger partial charge in [-0.1, -0.05) is 30.0 Å². The highest BCUT2D eigenvalue weighted by Gasteiger charge is 2.14. The Balaban J connectivity index is 1.32. The third-order valence-corrected chi connectivity index (χ3v) is 5.44. The number of hydrogen-bond donors (Lipinski definition) is 1. The first kappa shape index (κ1) is 22.6. The molecule has 4 rings (SSSR count). The van der Waals surface area contributed by atoms with Crippen molar-refractivity contribution >= 4 is 34.7 Å². The molecule has 0 bridgehead atoms. The van der Waals surface area contributed by atoms with Crippen LogP contribution in [0.15, 0.2) is 82.4 Å². The van der Waals surface area contributed by atoms with E-state index in [0.29, 0.717) is 11.3 Å². The summed E-state index contributed by atoms with van der Waals surface area (Å²) in [5.74, 6) is -0.155. The number of anilines is 1. The summed E-state index contributed by atoms with van der Waals surface area (Å²) >= 11 is 1.04. The van der Waals surface area contributed by atoms with Crippen LogP contribution in [0.2, 0.25) is 0 Å². The highest BCUT2D eigenvalue weighted by Crippen LogP contribution is 2.27. The summed E-state index contributed by atoms with van der Waals surface area (Å²) in [6, 6.07) is 19.1. The maximum atomic E-state index is 12.3. The minimum atomic E-state index is -0.516. The Kier molecular flexibility index (Phi) is 6.59. The molecule has 3 aromatic carbocycles. The molecule has 0 aliphatic rings. The number of nitrogens with one attached hydrogen (secondary N) is 1. The van der Waals surface area contributed by atoms with Crippen LogP contribution in [0.5, 0.6) is 0 Å². The van der Waals surface area contributed by atoms with Crippen LogP contribution in [-0.2, 0) is 4.79 Å². The molecule has 1 heterocycles. The number of hydrogen-bond acceptors (Lipinski definition) is 9. The van der Waals surface area contributed by atoms with Crippen LogP contribution in [0.25, 0.3) is 22.6 Å². The van der Waals surface area contributed by atoms with Crippen LogP contribution in [0.4, 0.5) is 17.1 Å². The van der Waals surface area contributed by atoms with Crippen molar-refractivity contribution in [2.75, 3.05) is 11.1 Å². The smallest absolute Gasteiger partial charge is 0.277 e. The van der Waals surface area contributed by atoms with Crippen LogP contribution >= 0.6 is 11.8 Å². The van der Waals surface area contributed by atoms with Crippen LogP contribution < -0.4 is 5.32 Å². The molecule has 1 amide bonds. The van der Waals surface area contributed by atoms with E-state index in [0.717, 1.165) is 22.9 Å². The second kappa shape index (κ2) is 9.92. The molecular formula is C22H15N5O6S. The number of carbonyl (C=O) groups is 1. The number of nitrogens with zero attached hydrogens (tertiary/aromatic N) is 4. The standard InChI is InChI=1S/C22H15N5O6S/c28-20(13-34-22-25-24-21(33-22)16-2-1-3-19(12-16)27(31)32)23-17-8-4-14(5-9-17)15-6-10-18(11-7-15)26(29)30/h1-12H,13H2,(H,23,28). The molecule has 0 atom stereocenters. The maximum absolute atomic E-state index is 12.3. The predicted octanol–water partition coefficient (Wildman–Crippen LogP) is 4.95. The normalized spacial score (nSPS) is 10.6. The first-order valence-corrected chi connectivity index (χ1v) is 10.7. The Morgan fingerprint density at radius 3 is 2.15 bits per heavy atom. The van der Waals surface area contributed by atoms with Gasteiger partial charge in [0.2, 0.25) is 11.8 Å². The number of nitro benzene ring substituents is 2. The molecule has 0 saturated heterocycles. The molecule has 4 aromatic rings. The number of amides is 1. The predicted molar refractivity (Wildman–Crippen MR) is 124 cm³/mol. The lowest BCUT2D eigenvalue weighted by Gasteiger charge is -2.06. The number of carbonyl (C=O) groups excluding carboxylic acids is 1. The molecule has 1 N–H and O–H groups in total. The summed E-state index contributed by atoms with van der Waals surface area (Å²) in [7, 11) is 0. The molecule has 0 radical (unpaired) electrons. The van der Waals surface area contributed by atoms with Gasteiger partial charge in [0.25, 0.3) is 16.6 Å². The number of thioether (sulfide) groups is 1. The van der Waals surface area contributed by atoms with Gasteiger partial charge < -0.3 is 9.73 Å². The van der Waals surface area contributed by atoms with Crippen molar-refractivity contribution in [1.82, 2.24) is 10.2 Å². The third-order valence-electron chi connectivity index (χ3n) is 4.62. The molecule has 11 nitrogen and oxygen atoms in total. The van der Waals surface area contributed by atoms with E-state index in [1.807, 2.05) is 0 Å². The average Bonchev–Trinajstić information content (AvgIpc) is 3.33. The highest BCUT2D eigenvalue weighted by atomic mass is 32.2. The Morgan fingerprint density at radius 1 is 0.853 bits per heavy atom. The van der Waals surface area contributed by atoms with Gasteiger partial charge in [-0.2, -0.15) is 0 Å². The first-order valence-electron chi connectivity index (χ1n) is 9.75. The van der Waals surface area contributed by atoms with Gasteiger partial charge in [0.1, 0.15) is 0 Å². The van der Waals surface area contributed by atoms with Crippen molar-refractivity contribution in [3.05, 3.63) is 93.0 Å². The van der Waals surface area contributed by atoms with Crippen molar-refractivity contribution in [2.24, 2.45) is 0 Å². The Bertz CT molecular complexity index is 1350. The molecule has 0 aliphatic heterocycles. The number of benzene rings is 3. The first-order chi connectivity index (χ1) is 16.4. The van der Waals surface area contributed by atoms with Gasteiger partial charge in [-0.25, -0.2) is 0 Å². The molecule has 1 aromatic heterocycles. The van der Waals surface area contributed by atoms with Crippen molar-refractivity contribution in [3.63, 3.8) is 0 Å². The van der Waals surface area contributed by atoms with E-state index in [-0.39, 0.29) is 34.1 Å². The lowest BCUT2D eigenvalue weighted by Crippen LogP contribution is -2.13. The van der Waals surface area contributed by atoms with Crippen LogP contribution in [0.3, 0.4) is 0 Å². The van der Waals surface area contributed by atoms with Gasteiger partial charge >= 0.3 is 0 Å². The maximum Gasteiger partial charge on any atom is 0.277 e. The average molecular weight is 477 g/mol. The van der Waals surface area contributed by atoms with E-state index >= 15 is 0 Å². The highest BCUT2D eigenvalue weighted by molar-refractivity contribution is 7.99. The third kappa shape index (κ3) is 5.42. The van der Waals surface area contributed by atoms with E-state index in [2.05, 4.69) is 15.5 Å². The molecule has 34 heavy (non-hydrogen) atoms. The minimum absolute atomic E-state index is 0.0146. The molecular weight excluding hydrogens is 462 g/mol. The Hall–Kier alpha value is -4.58. The molecule has 0 spiro atoms. The van der Waals surface area contributed by atoms with Crippen LogP contribution in [-0.4, -0.2) is 31.7 Å². The molecule has 0 saturated carbocycles. The van der Waals surface area contributed by atoms with Gasteiger partial charge in [-0.3, -0.25) is 25.0 Å². The molecule has 0 unspecified atom stereocenters. The molecule has 170 valence electrons. The Morgan fingerprint density at radius 2 is 1.50 bits per heavy atom. The lowest BCUT2D eigenvalue weighted by molar-refractivity contribution is -0.385. The van der Waals surface area contributed by atoms with Gasteiger partial charge in [-0.05, 0) is 41.5 Å².